The highest BCUT2D eigenvalue weighted by Gasteiger charge is 2.42. The van der Waals surface area contributed by atoms with Crippen molar-refractivity contribution >= 4 is 34.9 Å². The van der Waals surface area contributed by atoms with Gasteiger partial charge in [0.2, 0.25) is 0 Å². The van der Waals surface area contributed by atoms with Crippen molar-refractivity contribution in [3.63, 3.8) is 0 Å². The topological polar surface area (TPSA) is 79.6 Å². The van der Waals surface area contributed by atoms with Crippen molar-refractivity contribution in [3.8, 4) is 11.4 Å². The lowest BCUT2D eigenvalue weighted by atomic mass is 9.97. The third-order valence-corrected chi connectivity index (χ3v) is 6.36. The Balaban J connectivity index is 1.84. The number of thiocarbonyl (C=S) groups is 1. The van der Waals surface area contributed by atoms with Crippen LogP contribution in [0.4, 0.5) is 0 Å². The van der Waals surface area contributed by atoms with Crippen LogP contribution in [0.15, 0.2) is 48.7 Å². The van der Waals surface area contributed by atoms with Crippen LogP contribution in [0, 0.1) is 13.8 Å². The highest BCUT2D eigenvalue weighted by molar-refractivity contribution is 7.80. The standard InChI is InChI=1S/C24H25ClN4O3S/c1-4-32-21(31)13-28-23(22(27-24(28)33)18-7-5-6-10-26-18)17-11-14(2)29(15(17)3)19-12-16(25)8-9-20(19)30/h5-12,22-23,30H,4,13H2,1-3H3,(H,27,33)/t22-,23+/m1/s1. The van der Waals surface area contributed by atoms with Crippen LogP contribution < -0.4 is 5.32 Å². The van der Waals surface area contributed by atoms with E-state index in [2.05, 4.69) is 10.3 Å². The number of nitrogens with one attached hydrogen (secondary N) is 1. The maximum atomic E-state index is 12.4. The zero-order valence-electron chi connectivity index (χ0n) is 18.6. The summed E-state index contributed by atoms with van der Waals surface area (Å²) in [5.41, 5.74) is 4.17. The van der Waals surface area contributed by atoms with E-state index in [1.807, 2.05) is 47.6 Å². The molecule has 9 heteroatoms. The predicted octanol–water partition coefficient (Wildman–Crippen LogP) is 4.38. The number of ether oxygens (including phenoxy) is 1. The minimum atomic E-state index is -0.352. The molecule has 7 nitrogen and oxygen atoms in total. The molecule has 0 amide bonds. The van der Waals surface area contributed by atoms with E-state index in [9.17, 15) is 9.90 Å². The highest BCUT2D eigenvalue weighted by atomic mass is 35.5. The summed E-state index contributed by atoms with van der Waals surface area (Å²) >= 11 is 11.8. The summed E-state index contributed by atoms with van der Waals surface area (Å²) in [7, 11) is 0. The number of aromatic hydroxyl groups is 1. The van der Waals surface area contributed by atoms with Crippen molar-refractivity contribution in [2.45, 2.75) is 32.9 Å². The Labute approximate surface area is 203 Å². The third kappa shape index (κ3) is 4.41. The van der Waals surface area contributed by atoms with E-state index in [0.29, 0.717) is 22.4 Å². The number of aryl methyl sites for hydroxylation is 1. The monoisotopic (exact) mass is 484 g/mol. The van der Waals surface area contributed by atoms with Gasteiger partial charge in [0.1, 0.15) is 12.3 Å². The summed E-state index contributed by atoms with van der Waals surface area (Å²) in [5.74, 6) is -0.230. The molecule has 3 heterocycles. The van der Waals surface area contributed by atoms with Crippen molar-refractivity contribution in [1.29, 1.82) is 0 Å². The Morgan fingerprint density at radius 2 is 2.06 bits per heavy atom. The van der Waals surface area contributed by atoms with Gasteiger partial charge >= 0.3 is 5.97 Å². The number of nitrogens with zero attached hydrogens (tertiary/aromatic N) is 3. The molecule has 0 bridgehead atoms. The lowest BCUT2D eigenvalue weighted by Gasteiger charge is -2.27. The average Bonchev–Trinajstić information content (AvgIpc) is 3.26. The first-order chi connectivity index (χ1) is 15.8. The number of halogens is 1. The quantitative estimate of drug-likeness (QED) is 0.397. The molecule has 4 rings (SSSR count). The number of esters is 1. The molecule has 172 valence electrons. The molecule has 0 unspecified atom stereocenters. The molecule has 1 aromatic carbocycles. The molecular weight excluding hydrogens is 460 g/mol. The van der Waals surface area contributed by atoms with Crippen LogP contribution >= 0.6 is 23.8 Å². The number of carbonyl (C=O) groups excluding carboxylic acids is 1. The number of phenols is 1. The van der Waals surface area contributed by atoms with Crippen LogP contribution in [-0.4, -0.2) is 43.8 Å². The van der Waals surface area contributed by atoms with Gasteiger partial charge in [-0.3, -0.25) is 9.78 Å². The number of carbonyl (C=O) groups is 1. The summed E-state index contributed by atoms with van der Waals surface area (Å²) < 4.78 is 7.15. The Morgan fingerprint density at radius 3 is 2.76 bits per heavy atom. The van der Waals surface area contributed by atoms with Gasteiger partial charge in [-0.1, -0.05) is 17.7 Å². The summed E-state index contributed by atoms with van der Waals surface area (Å²) in [6, 6.07) is 12.1. The normalized spacial score (nSPS) is 17.8. The molecule has 2 aromatic heterocycles. The Bertz CT molecular complexity index is 1200. The summed E-state index contributed by atoms with van der Waals surface area (Å²) in [5, 5.41) is 14.8. The Hall–Kier alpha value is -3.10. The van der Waals surface area contributed by atoms with Gasteiger partial charge in [-0.25, -0.2) is 0 Å². The molecule has 2 N–H and O–H groups in total. The first kappa shape index (κ1) is 23.1. The van der Waals surface area contributed by atoms with Crippen LogP contribution in [-0.2, 0) is 9.53 Å². The summed E-state index contributed by atoms with van der Waals surface area (Å²) in [4.78, 5) is 18.8. The third-order valence-electron chi connectivity index (χ3n) is 5.77. The molecule has 0 radical (unpaired) electrons. The zero-order chi connectivity index (χ0) is 23.7. The van der Waals surface area contributed by atoms with Crippen LogP contribution in [0.1, 0.15) is 41.7 Å². The average molecular weight is 485 g/mol. The minimum absolute atomic E-state index is 0.0136. The SMILES string of the molecule is CCOC(=O)CN1C(=S)N[C@H](c2ccccn2)[C@@H]1c1cc(C)n(-c2cc(Cl)ccc2O)c1C. The number of pyridine rings is 1. The van der Waals surface area contributed by atoms with E-state index in [1.165, 1.54) is 0 Å². The van der Waals surface area contributed by atoms with Gasteiger partial charge < -0.3 is 24.6 Å². The van der Waals surface area contributed by atoms with E-state index in [4.69, 9.17) is 28.6 Å². The van der Waals surface area contributed by atoms with E-state index in [1.54, 1.807) is 31.3 Å². The van der Waals surface area contributed by atoms with Gasteiger partial charge in [0, 0.05) is 22.6 Å². The van der Waals surface area contributed by atoms with Crippen molar-refractivity contribution in [2.75, 3.05) is 13.2 Å². The second-order valence-electron chi connectivity index (χ2n) is 7.85. The van der Waals surface area contributed by atoms with Crippen LogP contribution in [0.2, 0.25) is 5.02 Å². The van der Waals surface area contributed by atoms with Crippen molar-refractivity contribution < 1.29 is 14.6 Å². The maximum Gasteiger partial charge on any atom is 0.325 e. The zero-order valence-corrected chi connectivity index (χ0v) is 20.2. The van der Waals surface area contributed by atoms with E-state index >= 15 is 0 Å². The van der Waals surface area contributed by atoms with E-state index in [0.717, 1.165) is 22.6 Å². The molecule has 1 aliphatic rings. The van der Waals surface area contributed by atoms with Crippen LogP contribution in [0.3, 0.4) is 0 Å². The number of phenolic OH excluding ortho intramolecular Hbond substituents is 1. The van der Waals surface area contributed by atoms with Gasteiger partial charge in [-0.05, 0) is 75.0 Å². The first-order valence-corrected chi connectivity index (χ1v) is 11.4. The largest absolute Gasteiger partial charge is 0.506 e. The lowest BCUT2D eigenvalue weighted by Crippen LogP contribution is -2.35. The van der Waals surface area contributed by atoms with Gasteiger partial charge in [-0.2, -0.15) is 0 Å². The number of hydrogen-bond acceptors (Lipinski definition) is 5. The number of aromatic nitrogens is 2. The van der Waals surface area contributed by atoms with E-state index < -0.39 is 0 Å². The molecule has 33 heavy (non-hydrogen) atoms. The molecule has 3 aromatic rings. The fourth-order valence-electron chi connectivity index (χ4n) is 4.39. The lowest BCUT2D eigenvalue weighted by molar-refractivity contribution is -0.143. The minimum Gasteiger partial charge on any atom is -0.506 e. The van der Waals surface area contributed by atoms with Crippen LogP contribution in [0.25, 0.3) is 5.69 Å². The second-order valence-corrected chi connectivity index (χ2v) is 8.68. The van der Waals surface area contributed by atoms with Crippen molar-refractivity contribution in [2.24, 2.45) is 0 Å². The molecular formula is C24H25ClN4O3S. The van der Waals surface area contributed by atoms with Gasteiger partial charge in [0.15, 0.2) is 5.11 Å². The van der Waals surface area contributed by atoms with Gasteiger partial charge in [0.05, 0.1) is 30.1 Å². The van der Waals surface area contributed by atoms with Crippen molar-refractivity contribution in [3.05, 3.63) is 76.3 Å². The molecule has 0 aliphatic carbocycles. The molecule has 2 atom stereocenters. The van der Waals surface area contributed by atoms with Crippen molar-refractivity contribution in [1.82, 2.24) is 19.8 Å². The molecule has 1 fully saturated rings. The fraction of sp³-hybridized carbons (Fsp3) is 0.292. The smallest absolute Gasteiger partial charge is 0.325 e. The van der Waals surface area contributed by atoms with Crippen LogP contribution in [0.5, 0.6) is 5.75 Å². The number of benzene rings is 1. The molecule has 0 spiro atoms. The highest BCUT2D eigenvalue weighted by Crippen LogP contribution is 2.42. The van der Waals surface area contributed by atoms with Gasteiger partial charge in [-0.15, -0.1) is 0 Å². The number of hydrogen-bond donors (Lipinski definition) is 2. The second kappa shape index (κ2) is 9.41. The molecule has 1 saturated heterocycles. The van der Waals surface area contributed by atoms with E-state index in [-0.39, 0.29) is 30.3 Å². The number of rotatable bonds is 6. The predicted molar refractivity (Wildman–Crippen MR) is 131 cm³/mol. The first-order valence-electron chi connectivity index (χ1n) is 10.6. The summed E-state index contributed by atoms with van der Waals surface area (Å²) in [6.07, 6.45) is 1.73. The Morgan fingerprint density at radius 1 is 1.27 bits per heavy atom. The fourth-order valence-corrected chi connectivity index (χ4v) is 4.86. The Kier molecular flexibility index (Phi) is 6.58. The molecule has 0 saturated carbocycles. The summed E-state index contributed by atoms with van der Waals surface area (Å²) in [6.45, 7) is 6.02. The molecule has 1 aliphatic heterocycles. The van der Waals surface area contributed by atoms with Gasteiger partial charge in [0.25, 0.3) is 0 Å². The maximum absolute atomic E-state index is 12.4.